The Bertz CT molecular complexity index is 312. The summed E-state index contributed by atoms with van der Waals surface area (Å²) in [6.07, 6.45) is 3.42. The standard InChI is InChI=1S/C13H24N2S2/c1-5-11(10-16-4)15(3)9-13-7-6-12(17-13)8-14-2/h6-7,11,14H,5,8-10H2,1-4H3. The summed E-state index contributed by atoms with van der Waals surface area (Å²) >= 11 is 3.86. The van der Waals surface area contributed by atoms with Crippen molar-refractivity contribution in [3.63, 3.8) is 0 Å². The van der Waals surface area contributed by atoms with Crippen LogP contribution in [0.15, 0.2) is 12.1 Å². The molecule has 2 nitrogen and oxygen atoms in total. The summed E-state index contributed by atoms with van der Waals surface area (Å²) in [7, 11) is 4.24. The van der Waals surface area contributed by atoms with Gasteiger partial charge in [0.2, 0.25) is 0 Å². The third kappa shape index (κ3) is 5.00. The van der Waals surface area contributed by atoms with Gasteiger partial charge in [-0.25, -0.2) is 0 Å². The Balaban J connectivity index is 2.50. The molecule has 98 valence electrons. The van der Waals surface area contributed by atoms with E-state index >= 15 is 0 Å². The van der Waals surface area contributed by atoms with E-state index in [1.807, 2.05) is 30.1 Å². The molecule has 1 N–H and O–H groups in total. The molecule has 1 unspecified atom stereocenters. The summed E-state index contributed by atoms with van der Waals surface area (Å²) in [6.45, 7) is 4.34. The molecule has 0 aliphatic carbocycles. The first kappa shape index (κ1) is 15.0. The van der Waals surface area contributed by atoms with Gasteiger partial charge in [-0.1, -0.05) is 6.92 Å². The van der Waals surface area contributed by atoms with Crippen molar-refractivity contribution in [3.8, 4) is 0 Å². The van der Waals surface area contributed by atoms with Crippen molar-refractivity contribution in [3.05, 3.63) is 21.9 Å². The lowest BCUT2D eigenvalue weighted by atomic mass is 10.2. The molecule has 0 saturated carbocycles. The summed E-state index contributed by atoms with van der Waals surface area (Å²) in [6, 6.07) is 5.19. The fraction of sp³-hybridized carbons (Fsp3) is 0.692. The van der Waals surface area contributed by atoms with E-state index in [1.165, 1.54) is 21.9 Å². The van der Waals surface area contributed by atoms with Crippen LogP contribution in [0.4, 0.5) is 0 Å². The smallest absolute Gasteiger partial charge is 0.0328 e. The lowest BCUT2D eigenvalue weighted by Gasteiger charge is -2.25. The molecule has 1 heterocycles. The van der Waals surface area contributed by atoms with E-state index in [9.17, 15) is 0 Å². The van der Waals surface area contributed by atoms with Gasteiger partial charge in [0.15, 0.2) is 0 Å². The second-order valence-corrected chi connectivity index (χ2v) is 6.49. The Morgan fingerprint density at radius 1 is 1.41 bits per heavy atom. The molecule has 0 fully saturated rings. The van der Waals surface area contributed by atoms with Gasteiger partial charge in [-0.3, -0.25) is 4.90 Å². The number of rotatable bonds is 8. The van der Waals surface area contributed by atoms with Gasteiger partial charge in [-0.15, -0.1) is 11.3 Å². The fourth-order valence-corrected chi connectivity index (χ4v) is 3.87. The average molecular weight is 272 g/mol. The van der Waals surface area contributed by atoms with E-state index in [0.717, 1.165) is 13.1 Å². The zero-order chi connectivity index (χ0) is 12.7. The van der Waals surface area contributed by atoms with Crippen LogP contribution in [0.2, 0.25) is 0 Å². The molecule has 1 atom stereocenters. The van der Waals surface area contributed by atoms with Gasteiger partial charge in [0.05, 0.1) is 0 Å². The highest BCUT2D eigenvalue weighted by atomic mass is 32.2. The molecular weight excluding hydrogens is 248 g/mol. The Kier molecular flexibility index (Phi) is 7.19. The maximum absolute atomic E-state index is 3.20. The van der Waals surface area contributed by atoms with Crippen LogP contribution in [-0.2, 0) is 13.1 Å². The molecule has 1 aromatic heterocycles. The van der Waals surface area contributed by atoms with Crippen LogP contribution in [0, 0.1) is 0 Å². The maximum Gasteiger partial charge on any atom is 0.0328 e. The number of hydrogen-bond acceptors (Lipinski definition) is 4. The van der Waals surface area contributed by atoms with Crippen molar-refractivity contribution in [1.82, 2.24) is 10.2 Å². The minimum atomic E-state index is 0.694. The molecule has 0 spiro atoms. The lowest BCUT2D eigenvalue weighted by Crippen LogP contribution is -2.32. The maximum atomic E-state index is 3.20. The largest absolute Gasteiger partial charge is 0.315 e. The molecule has 0 radical (unpaired) electrons. The fourth-order valence-electron chi connectivity index (χ4n) is 1.90. The van der Waals surface area contributed by atoms with Crippen LogP contribution in [0.5, 0.6) is 0 Å². The van der Waals surface area contributed by atoms with Crippen molar-refractivity contribution in [2.24, 2.45) is 0 Å². The highest BCUT2D eigenvalue weighted by Crippen LogP contribution is 2.19. The van der Waals surface area contributed by atoms with Crippen LogP contribution >= 0.6 is 23.1 Å². The SMILES string of the molecule is CCC(CSC)N(C)Cc1ccc(CNC)s1. The zero-order valence-electron chi connectivity index (χ0n) is 11.3. The summed E-state index contributed by atoms with van der Waals surface area (Å²) < 4.78 is 0. The monoisotopic (exact) mass is 272 g/mol. The predicted molar refractivity (Wildman–Crippen MR) is 81.0 cm³/mol. The first-order valence-electron chi connectivity index (χ1n) is 6.12. The van der Waals surface area contributed by atoms with Gasteiger partial charge < -0.3 is 5.32 Å². The highest BCUT2D eigenvalue weighted by Gasteiger charge is 2.13. The van der Waals surface area contributed by atoms with Gasteiger partial charge in [0.25, 0.3) is 0 Å². The van der Waals surface area contributed by atoms with E-state index < -0.39 is 0 Å². The Labute approximate surface area is 114 Å². The Hall–Kier alpha value is -0.0300. The lowest BCUT2D eigenvalue weighted by molar-refractivity contribution is 0.250. The van der Waals surface area contributed by atoms with E-state index in [0.29, 0.717) is 6.04 Å². The molecule has 0 bridgehead atoms. The first-order chi connectivity index (χ1) is 8.21. The van der Waals surface area contributed by atoms with Crippen molar-refractivity contribution in [2.45, 2.75) is 32.5 Å². The van der Waals surface area contributed by atoms with E-state index in [2.05, 4.69) is 42.6 Å². The predicted octanol–water partition coefficient (Wildman–Crippen LogP) is 3.04. The minimum absolute atomic E-state index is 0.694. The van der Waals surface area contributed by atoms with Crippen molar-refractivity contribution < 1.29 is 0 Å². The van der Waals surface area contributed by atoms with Gasteiger partial charge in [-0.2, -0.15) is 11.8 Å². The van der Waals surface area contributed by atoms with E-state index in [4.69, 9.17) is 0 Å². The molecule has 1 aromatic rings. The third-order valence-corrected chi connectivity index (χ3v) is 4.72. The minimum Gasteiger partial charge on any atom is -0.315 e. The normalized spacial score (nSPS) is 13.2. The first-order valence-corrected chi connectivity index (χ1v) is 8.33. The van der Waals surface area contributed by atoms with Crippen molar-refractivity contribution in [1.29, 1.82) is 0 Å². The summed E-state index contributed by atoms with van der Waals surface area (Å²) in [5.74, 6) is 1.22. The highest BCUT2D eigenvalue weighted by molar-refractivity contribution is 7.98. The van der Waals surface area contributed by atoms with E-state index in [-0.39, 0.29) is 0 Å². The van der Waals surface area contributed by atoms with Gasteiger partial charge in [0.1, 0.15) is 0 Å². The quantitative estimate of drug-likeness (QED) is 0.783. The van der Waals surface area contributed by atoms with Gasteiger partial charge in [-0.05, 0) is 38.9 Å². The van der Waals surface area contributed by atoms with Crippen LogP contribution in [0.3, 0.4) is 0 Å². The average Bonchev–Trinajstić information content (AvgIpc) is 2.73. The molecule has 0 aliphatic rings. The van der Waals surface area contributed by atoms with Crippen LogP contribution in [0.1, 0.15) is 23.1 Å². The van der Waals surface area contributed by atoms with Crippen molar-refractivity contribution >= 4 is 23.1 Å². The van der Waals surface area contributed by atoms with Crippen LogP contribution < -0.4 is 5.32 Å². The summed E-state index contributed by atoms with van der Waals surface area (Å²) in [5.41, 5.74) is 0. The molecule has 0 aromatic carbocycles. The van der Waals surface area contributed by atoms with E-state index in [1.54, 1.807) is 0 Å². The molecule has 0 amide bonds. The van der Waals surface area contributed by atoms with Crippen molar-refractivity contribution in [2.75, 3.05) is 26.1 Å². The topological polar surface area (TPSA) is 15.3 Å². The van der Waals surface area contributed by atoms with Crippen LogP contribution in [0.25, 0.3) is 0 Å². The van der Waals surface area contributed by atoms with Gasteiger partial charge in [0, 0.05) is 34.6 Å². The number of nitrogens with zero attached hydrogens (tertiary/aromatic N) is 1. The molecule has 0 saturated heterocycles. The molecule has 17 heavy (non-hydrogen) atoms. The van der Waals surface area contributed by atoms with Crippen LogP contribution in [-0.4, -0.2) is 37.0 Å². The molecule has 4 heteroatoms. The summed E-state index contributed by atoms with van der Waals surface area (Å²) in [4.78, 5) is 5.37. The van der Waals surface area contributed by atoms with Gasteiger partial charge >= 0.3 is 0 Å². The molecule has 0 aliphatic heterocycles. The molecule has 1 rings (SSSR count). The third-order valence-electron chi connectivity index (χ3n) is 2.93. The number of nitrogens with one attached hydrogen (secondary N) is 1. The second-order valence-electron chi connectivity index (χ2n) is 4.33. The Morgan fingerprint density at radius 2 is 2.12 bits per heavy atom. The number of thiophene rings is 1. The number of hydrogen-bond donors (Lipinski definition) is 1. The zero-order valence-corrected chi connectivity index (χ0v) is 13.0. The summed E-state index contributed by atoms with van der Waals surface area (Å²) in [5, 5.41) is 3.20. The number of thioether (sulfide) groups is 1. The second kappa shape index (κ2) is 8.14. The Morgan fingerprint density at radius 3 is 2.71 bits per heavy atom. The molecular formula is C13H24N2S2.